The third-order valence-electron chi connectivity index (χ3n) is 5.55. The fraction of sp³-hybridized carbons (Fsp3) is 0.391. The number of nitrogens with zero attached hydrogens (tertiary/aromatic N) is 2. The molecule has 0 radical (unpaired) electrons. The van der Waals surface area contributed by atoms with Crippen LogP contribution in [0.3, 0.4) is 0 Å². The van der Waals surface area contributed by atoms with E-state index < -0.39 is 22.8 Å². The number of ether oxygens (including phenoxy) is 4. The topological polar surface area (TPSA) is 117 Å². The Labute approximate surface area is 191 Å². The van der Waals surface area contributed by atoms with Crippen molar-refractivity contribution in [2.24, 2.45) is 0 Å². The number of rotatable bonds is 8. The molecule has 1 aliphatic heterocycles. The molecule has 10 heteroatoms. The van der Waals surface area contributed by atoms with Crippen molar-refractivity contribution in [2.75, 3.05) is 34.5 Å². The van der Waals surface area contributed by atoms with Gasteiger partial charge in [-0.1, -0.05) is 0 Å². The molecule has 1 aliphatic rings. The molecule has 10 nitrogen and oxygen atoms in total. The second-order valence-corrected chi connectivity index (χ2v) is 7.32. The van der Waals surface area contributed by atoms with Gasteiger partial charge in [0.1, 0.15) is 0 Å². The Balaban J connectivity index is 2.04. The lowest BCUT2D eigenvalue weighted by Gasteiger charge is -2.37. The Bertz CT molecular complexity index is 1070. The number of hydrogen-bond acceptors (Lipinski definition) is 8. The fourth-order valence-corrected chi connectivity index (χ4v) is 3.97. The number of hydrogen-bond donors (Lipinski definition) is 0. The summed E-state index contributed by atoms with van der Waals surface area (Å²) in [5, 5.41) is 11.5. The fourth-order valence-electron chi connectivity index (χ4n) is 3.97. The van der Waals surface area contributed by atoms with Gasteiger partial charge >= 0.3 is 11.7 Å². The number of nitro benzene ring substituents is 1. The Morgan fingerprint density at radius 1 is 1.09 bits per heavy atom. The molecule has 3 rings (SSSR count). The highest BCUT2D eigenvalue weighted by atomic mass is 16.6. The van der Waals surface area contributed by atoms with E-state index in [9.17, 15) is 19.7 Å². The van der Waals surface area contributed by atoms with Gasteiger partial charge in [-0.25, -0.2) is 0 Å². The van der Waals surface area contributed by atoms with Crippen molar-refractivity contribution in [1.82, 2.24) is 4.90 Å². The van der Waals surface area contributed by atoms with E-state index >= 15 is 0 Å². The summed E-state index contributed by atoms with van der Waals surface area (Å²) in [5.41, 5.74) is 1.49. The van der Waals surface area contributed by atoms with Gasteiger partial charge in [0, 0.05) is 18.2 Å². The minimum atomic E-state index is -0.640. The summed E-state index contributed by atoms with van der Waals surface area (Å²) < 4.78 is 20.9. The van der Waals surface area contributed by atoms with Crippen LogP contribution in [-0.4, -0.2) is 56.2 Å². The van der Waals surface area contributed by atoms with Gasteiger partial charge in [0.25, 0.3) is 5.91 Å². The van der Waals surface area contributed by atoms with Crippen molar-refractivity contribution in [3.63, 3.8) is 0 Å². The first-order valence-corrected chi connectivity index (χ1v) is 10.4. The molecule has 0 N–H and O–H groups in total. The van der Waals surface area contributed by atoms with E-state index in [1.807, 2.05) is 6.07 Å². The summed E-state index contributed by atoms with van der Waals surface area (Å²) in [4.78, 5) is 38.1. The monoisotopic (exact) mass is 458 g/mol. The number of amides is 1. The van der Waals surface area contributed by atoms with Crippen molar-refractivity contribution >= 4 is 17.6 Å². The number of esters is 1. The Morgan fingerprint density at radius 3 is 2.39 bits per heavy atom. The van der Waals surface area contributed by atoms with E-state index in [0.717, 1.165) is 11.1 Å². The summed E-state index contributed by atoms with van der Waals surface area (Å²) in [7, 11) is 4.32. The number of benzene rings is 2. The van der Waals surface area contributed by atoms with Crippen molar-refractivity contribution in [1.29, 1.82) is 0 Å². The first-order chi connectivity index (χ1) is 15.8. The van der Waals surface area contributed by atoms with Gasteiger partial charge in [-0.05, 0) is 48.7 Å². The van der Waals surface area contributed by atoms with Gasteiger partial charge in [0.15, 0.2) is 17.2 Å². The molecule has 176 valence electrons. The van der Waals surface area contributed by atoms with Crippen LogP contribution in [0.15, 0.2) is 30.3 Å². The first kappa shape index (κ1) is 23.8. The van der Waals surface area contributed by atoms with E-state index in [1.54, 1.807) is 13.0 Å². The molecule has 0 fully saturated rings. The number of carbonyl (C=O) groups excluding carboxylic acids is 2. The van der Waals surface area contributed by atoms with Crippen LogP contribution in [0.25, 0.3) is 0 Å². The van der Waals surface area contributed by atoms with Crippen LogP contribution in [0, 0.1) is 10.1 Å². The molecule has 0 aliphatic carbocycles. The number of carbonyl (C=O) groups is 2. The van der Waals surface area contributed by atoms with Crippen LogP contribution in [-0.2, 0) is 16.0 Å². The predicted octanol–water partition coefficient (Wildman–Crippen LogP) is 3.31. The molecule has 0 aromatic heterocycles. The Kier molecular flexibility index (Phi) is 7.37. The molecule has 0 spiro atoms. The van der Waals surface area contributed by atoms with E-state index in [-0.39, 0.29) is 30.0 Å². The highest BCUT2D eigenvalue weighted by Crippen LogP contribution is 2.40. The summed E-state index contributed by atoms with van der Waals surface area (Å²) in [6, 6.07) is 7.05. The van der Waals surface area contributed by atoms with Gasteiger partial charge < -0.3 is 23.8 Å². The molecule has 0 saturated carbocycles. The van der Waals surface area contributed by atoms with Crippen molar-refractivity contribution < 1.29 is 33.5 Å². The predicted molar refractivity (Wildman–Crippen MR) is 118 cm³/mol. The molecule has 0 bridgehead atoms. The zero-order valence-corrected chi connectivity index (χ0v) is 19.0. The summed E-state index contributed by atoms with van der Waals surface area (Å²) in [5.74, 6) is 0.187. The lowest BCUT2D eigenvalue weighted by atomic mass is 9.89. The molecular formula is C23H26N2O8. The lowest BCUT2D eigenvalue weighted by molar-refractivity contribution is -0.385. The maximum absolute atomic E-state index is 13.5. The number of nitro groups is 1. The van der Waals surface area contributed by atoms with Crippen molar-refractivity contribution in [2.45, 2.75) is 25.8 Å². The maximum Gasteiger partial charge on any atom is 0.311 e. The minimum Gasteiger partial charge on any atom is -0.493 e. The van der Waals surface area contributed by atoms with E-state index in [4.69, 9.17) is 18.9 Å². The summed E-state index contributed by atoms with van der Waals surface area (Å²) in [6.45, 7) is 2.28. The van der Waals surface area contributed by atoms with Crippen molar-refractivity contribution in [3.8, 4) is 17.2 Å². The number of fused-ring (bicyclic) bond motifs is 1. The Morgan fingerprint density at radius 2 is 1.79 bits per heavy atom. The van der Waals surface area contributed by atoms with Crippen LogP contribution in [0.2, 0.25) is 0 Å². The molecule has 2 aromatic carbocycles. The smallest absolute Gasteiger partial charge is 0.311 e. The molecular weight excluding hydrogens is 432 g/mol. The molecule has 0 saturated heterocycles. The van der Waals surface area contributed by atoms with Gasteiger partial charge in [-0.2, -0.15) is 0 Å². The maximum atomic E-state index is 13.5. The third-order valence-corrected chi connectivity index (χ3v) is 5.55. The standard InChI is InChI=1S/C23H26N2O8/c1-5-33-19-7-6-15(10-18(19)25(28)29)23(27)24-9-8-14-11-20(30-2)21(31-3)12-16(14)17(24)13-22(26)32-4/h6-7,10-12,17H,5,8-9,13H2,1-4H3. The average molecular weight is 458 g/mol. The third kappa shape index (κ3) is 4.84. The molecule has 2 aromatic rings. The molecule has 33 heavy (non-hydrogen) atoms. The lowest BCUT2D eigenvalue weighted by Crippen LogP contribution is -2.41. The summed E-state index contributed by atoms with van der Waals surface area (Å²) >= 11 is 0. The van der Waals surface area contributed by atoms with E-state index in [2.05, 4.69) is 0 Å². The van der Waals surface area contributed by atoms with Gasteiger partial charge in [0.05, 0.1) is 45.3 Å². The SMILES string of the molecule is CCOc1ccc(C(=O)N2CCc3cc(OC)c(OC)cc3C2CC(=O)OC)cc1[N+](=O)[O-]. The molecule has 1 amide bonds. The zero-order chi connectivity index (χ0) is 24.1. The number of methoxy groups -OCH3 is 3. The highest BCUT2D eigenvalue weighted by molar-refractivity contribution is 5.96. The molecule has 1 heterocycles. The van der Waals surface area contributed by atoms with Crippen LogP contribution in [0.5, 0.6) is 17.2 Å². The zero-order valence-electron chi connectivity index (χ0n) is 19.0. The second-order valence-electron chi connectivity index (χ2n) is 7.32. The van der Waals surface area contributed by atoms with Crippen LogP contribution >= 0.6 is 0 Å². The Hall–Kier alpha value is -3.82. The van der Waals surface area contributed by atoms with E-state index in [1.165, 1.54) is 44.4 Å². The average Bonchev–Trinajstić information content (AvgIpc) is 2.83. The highest BCUT2D eigenvalue weighted by Gasteiger charge is 2.35. The van der Waals surface area contributed by atoms with Crippen LogP contribution in [0.4, 0.5) is 5.69 Å². The minimum absolute atomic E-state index is 0.0795. The quantitative estimate of drug-likeness (QED) is 0.336. The summed E-state index contributed by atoms with van der Waals surface area (Å²) in [6.07, 6.45) is 0.433. The van der Waals surface area contributed by atoms with Crippen LogP contribution in [0.1, 0.15) is 40.9 Å². The largest absolute Gasteiger partial charge is 0.493 e. The molecule has 1 atom stereocenters. The molecule has 1 unspecified atom stereocenters. The normalized spacial score (nSPS) is 14.8. The van der Waals surface area contributed by atoms with Gasteiger partial charge in [-0.15, -0.1) is 0 Å². The van der Waals surface area contributed by atoms with E-state index in [0.29, 0.717) is 24.5 Å². The van der Waals surface area contributed by atoms with Gasteiger partial charge in [-0.3, -0.25) is 19.7 Å². The van der Waals surface area contributed by atoms with Crippen molar-refractivity contribution in [3.05, 3.63) is 57.1 Å². The first-order valence-electron chi connectivity index (χ1n) is 10.4. The van der Waals surface area contributed by atoms with Gasteiger partial charge in [0.2, 0.25) is 0 Å². The second kappa shape index (κ2) is 10.2. The van der Waals surface area contributed by atoms with Crippen LogP contribution < -0.4 is 14.2 Å².